The van der Waals surface area contributed by atoms with Crippen LogP contribution in [-0.2, 0) is 23.3 Å². The monoisotopic (exact) mass is 516 g/mol. The van der Waals surface area contributed by atoms with Gasteiger partial charge in [0, 0.05) is 0 Å². The SMILES string of the molecule is CC1=[C-]C(C)C=C1C(C)(C)C.CC1=[C-]C(C)C=C1C(C)(C)C.C[Si](C)=[Zr+2].[Cl-].[Cl-]. The van der Waals surface area contributed by atoms with Crippen molar-refractivity contribution >= 4 is 5.43 Å². The third kappa shape index (κ3) is 13.0. The van der Waals surface area contributed by atoms with Crippen LogP contribution in [0.5, 0.6) is 0 Å². The molecule has 0 aromatic heterocycles. The molecule has 0 saturated heterocycles. The summed E-state index contributed by atoms with van der Waals surface area (Å²) in [6.45, 7) is 26.8. The van der Waals surface area contributed by atoms with Crippen molar-refractivity contribution in [1.29, 1.82) is 0 Å². The van der Waals surface area contributed by atoms with Crippen molar-refractivity contribution in [1.82, 2.24) is 0 Å². The summed E-state index contributed by atoms with van der Waals surface area (Å²) in [6, 6.07) is 0. The summed E-state index contributed by atoms with van der Waals surface area (Å²) in [6.07, 6.45) is 11.4. The Hall–Kier alpha value is 0.640. The molecule has 0 heterocycles. The molecule has 0 aromatic rings. The first-order valence-electron chi connectivity index (χ1n) is 9.73. The van der Waals surface area contributed by atoms with Crippen molar-refractivity contribution < 1.29 is 48.1 Å². The zero-order valence-electron chi connectivity index (χ0n) is 20.1. The first-order valence-corrected chi connectivity index (χ1v) is 15.9. The Morgan fingerprint density at radius 2 is 0.964 bits per heavy atom. The van der Waals surface area contributed by atoms with Crippen molar-refractivity contribution in [2.45, 2.75) is 82.3 Å². The molecule has 2 aliphatic carbocycles. The molecule has 0 fully saturated rings. The zero-order chi connectivity index (χ0) is 20.9. The standard InChI is InChI=1S/2C11H17.C2H6Si.2ClH.Zr/c2*1-8-6-9(2)10(7-8)11(3,4)5;1-3-2;;;/h2*7-8H,1-5H3;1-2H3;2*1H;/q2*-1;;;;+2/p-2. The first kappa shape index (κ1) is 33.3. The average Bonchev–Trinajstić information content (AvgIpc) is 2.90. The van der Waals surface area contributed by atoms with Gasteiger partial charge in [0.1, 0.15) is 0 Å². The molecular weight excluding hydrogens is 478 g/mol. The van der Waals surface area contributed by atoms with Crippen molar-refractivity contribution in [3.8, 4) is 0 Å². The van der Waals surface area contributed by atoms with Crippen LogP contribution in [0.3, 0.4) is 0 Å². The van der Waals surface area contributed by atoms with Crippen molar-refractivity contribution in [3.63, 3.8) is 0 Å². The molecule has 0 spiro atoms. The van der Waals surface area contributed by atoms with Gasteiger partial charge >= 0.3 is 41.9 Å². The fourth-order valence-electron chi connectivity index (χ4n) is 3.30. The number of allylic oxidation sites excluding steroid dienone is 8. The van der Waals surface area contributed by atoms with Gasteiger partial charge in [-0.25, -0.2) is 11.1 Å². The Kier molecular flexibility index (Phi) is 16.5. The average molecular weight is 519 g/mol. The quantitative estimate of drug-likeness (QED) is 0.337. The summed E-state index contributed by atoms with van der Waals surface area (Å²) < 4.78 is 0. The second kappa shape index (κ2) is 13.8. The zero-order valence-corrected chi connectivity index (χ0v) is 25.0. The van der Waals surface area contributed by atoms with Crippen LogP contribution in [0.4, 0.5) is 0 Å². The van der Waals surface area contributed by atoms with Crippen LogP contribution < -0.4 is 24.8 Å². The van der Waals surface area contributed by atoms with E-state index in [0.717, 1.165) is 0 Å². The van der Waals surface area contributed by atoms with Gasteiger partial charge in [-0.15, -0.1) is 0 Å². The second-order valence-corrected chi connectivity index (χ2v) is 19.2. The summed E-state index contributed by atoms with van der Waals surface area (Å²) in [5, 5.41) is 0. The topological polar surface area (TPSA) is 0 Å². The van der Waals surface area contributed by atoms with E-state index in [9.17, 15) is 0 Å². The number of hydrogen-bond acceptors (Lipinski definition) is 0. The van der Waals surface area contributed by atoms with Gasteiger partial charge in [0.25, 0.3) is 0 Å². The van der Waals surface area contributed by atoms with Crippen LogP contribution in [0.15, 0.2) is 34.4 Å². The van der Waals surface area contributed by atoms with Crippen molar-refractivity contribution in [2.24, 2.45) is 22.7 Å². The Morgan fingerprint density at radius 1 is 0.750 bits per heavy atom. The molecular formula is C24H40Cl2SiZr-2. The van der Waals surface area contributed by atoms with Crippen LogP contribution >= 0.6 is 0 Å². The third-order valence-electron chi connectivity index (χ3n) is 4.15. The van der Waals surface area contributed by atoms with Gasteiger partial charge in [-0.2, -0.15) is 23.3 Å². The van der Waals surface area contributed by atoms with E-state index in [1.54, 1.807) is 23.3 Å². The minimum atomic E-state index is 0. The largest absolute Gasteiger partial charge is 1.00 e. The second-order valence-electron chi connectivity index (χ2n) is 9.78. The Morgan fingerprint density at radius 3 is 1.04 bits per heavy atom. The first-order chi connectivity index (χ1) is 11.6. The van der Waals surface area contributed by atoms with Gasteiger partial charge in [-0.3, -0.25) is 12.2 Å². The summed E-state index contributed by atoms with van der Waals surface area (Å²) in [5.41, 5.74) is 6.40. The van der Waals surface area contributed by atoms with Gasteiger partial charge in [0.05, 0.1) is 0 Å². The molecule has 0 saturated carbocycles. The van der Waals surface area contributed by atoms with Gasteiger partial charge in [0.15, 0.2) is 0 Å². The Labute approximate surface area is 204 Å². The molecule has 2 rings (SSSR count). The Balaban J connectivity index is -0.000000355. The van der Waals surface area contributed by atoms with E-state index in [0.29, 0.717) is 22.7 Å². The van der Waals surface area contributed by atoms with Crippen LogP contribution in [-0.4, -0.2) is 5.43 Å². The Bertz CT molecular complexity index is 572. The molecule has 2 atom stereocenters. The molecule has 0 aromatic carbocycles. The van der Waals surface area contributed by atoms with Crippen LogP contribution in [0, 0.1) is 34.8 Å². The van der Waals surface area contributed by atoms with Crippen LogP contribution in [0.25, 0.3) is 0 Å². The van der Waals surface area contributed by atoms with E-state index in [2.05, 4.69) is 107 Å². The van der Waals surface area contributed by atoms with E-state index in [1.807, 2.05) is 0 Å². The van der Waals surface area contributed by atoms with E-state index in [-0.39, 0.29) is 30.2 Å². The molecule has 4 heteroatoms. The predicted molar refractivity (Wildman–Crippen MR) is 116 cm³/mol. The number of halogens is 2. The van der Waals surface area contributed by atoms with Gasteiger partial charge in [-0.1, -0.05) is 91.9 Å². The third-order valence-corrected chi connectivity index (χ3v) is 4.15. The molecule has 0 amide bonds. The number of hydrogen-bond donors (Lipinski definition) is 0. The molecule has 0 bridgehead atoms. The maximum absolute atomic E-state index is 3.40. The predicted octanol–water partition coefficient (Wildman–Crippen LogP) is 1.51. The van der Waals surface area contributed by atoms with Gasteiger partial charge in [-0.05, 0) is 0 Å². The molecule has 28 heavy (non-hydrogen) atoms. The smallest absolute Gasteiger partial charge is 1.00 e. The van der Waals surface area contributed by atoms with Gasteiger partial charge in [0.2, 0.25) is 0 Å². The maximum atomic E-state index is 3.40. The van der Waals surface area contributed by atoms with Crippen molar-refractivity contribution in [2.75, 3.05) is 0 Å². The van der Waals surface area contributed by atoms with Gasteiger partial charge < -0.3 is 24.8 Å². The van der Waals surface area contributed by atoms with E-state index in [1.165, 1.54) is 22.3 Å². The maximum Gasteiger partial charge on any atom is -1.00 e. The summed E-state index contributed by atoms with van der Waals surface area (Å²) in [7, 11) is 0. The minimum Gasteiger partial charge on any atom is -1.00 e. The molecule has 2 aliphatic rings. The van der Waals surface area contributed by atoms with Crippen LogP contribution in [0.1, 0.15) is 69.2 Å². The molecule has 0 N–H and O–H groups in total. The molecule has 0 nitrogen and oxygen atoms in total. The normalized spacial score (nSPS) is 20.6. The molecule has 0 aliphatic heterocycles. The van der Waals surface area contributed by atoms with Crippen LogP contribution in [0.2, 0.25) is 13.1 Å². The number of rotatable bonds is 0. The van der Waals surface area contributed by atoms with E-state index < -0.39 is 0 Å². The molecule has 160 valence electrons. The summed E-state index contributed by atoms with van der Waals surface area (Å²) >= 11 is 1.74. The fourth-order valence-corrected chi connectivity index (χ4v) is 3.30. The van der Waals surface area contributed by atoms with Crippen molar-refractivity contribution in [3.05, 3.63) is 46.6 Å². The molecule has 2 unspecified atom stereocenters. The summed E-state index contributed by atoms with van der Waals surface area (Å²) in [5.74, 6) is 1.04. The fraction of sp³-hybridized carbons (Fsp3) is 0.667. The van der Waals surface area contributed by atoms with E-state index in [4.69, 9.17) is 0 Å². The molecule has 0 radical (unpaired) electrons. The van der Waals surface area contributed by atoms with E-state index >= 15 is 0 Å². The summed E-state index contributed by atoms with van der Waals surface area (Å²) in [4.78, 5) is 0. The minimum absolute atomic E-state index is 0.